The molecular weight excluding hydrogens is 345 g/mol. The molecule has 7 heteroatoms. The number of hydrogen-bond acceptors (Lipinski definition) is 5. The highest BCUT2D eigenvalue weighted by Crippen LogP contribution is 2.25. The summed E-state index contributed by atoms with van der Waals surface area (Å²) in [6, 6.07) is 11.2. The maximum absolute atomic E-state index is 13.5. The van der Waals surface area contributed by atoms with Gasteiger partial charge in [0.1, 0.15) is 17.1 Å². The molecule has 0 heterocycles. The summed E-state index contributed by atoms with van der Waals surface area (Å²) in [5.41, 5.74) is 0.596. The first kappa shape index (κ1) is 18.8. The maximum Gasteiger partial charge on any atom is 0.342 e. The molecule has 0 aliphatic heterocycles. The first-order valence-corrected chi connectivity index (χ1v) is 8.67. The van der Waals surface area contributed by atoms with Crippen molar-refractivity contribution in [2.24, 2.45) is 0 Å². The molecular formula is C18H18FNO4S. The number of hydrogen-bond donors (Lipinski definition) is 1. The Kier molecular flexibility index (Phi) is 6.82. The lowest BCUT2D eigenvalue weighted by Crippen LogP contribution is -2.28. The molecule has 1 N–H and O–H groups in total. The van der Waals surface area contributed by atoms with Gasteiger partial charge in [-0.25, -0.2) is 9.18 Å². The zero-order valence-electron chi connectivity index (χ0n) is 13.9. The van der Waals surface area contributed by atoms with Gasteiger partial charge in [0.05, 0.1) is 7.11 Å². The van der Waals surface area contributed by atoms with Gasteiger partial charge in [0.2, 0.25) is 0 Å². The molecule has 0 aliphatic rings. The van der Waals surface area contributed by atoms with Crippen LogP contribution in [0.2, 0.25) is 0 Å². The molecule has 0 saturated carbocycles. The number of halogens is 1. The molecule has 0 unspecified atom stereocenters. The van der Waals surface area contributed by atoms with Crippen molar-refractivity contribution in [2.45, 2.75) is 11.4 Å². The summed E-state index contributed by atoms with van der Waals surface area (Å²) in [7, 11) is 1.46. The van der Waals surface area contributed by atoms with Gasteiger partial charge in [-0.3, -0.25) is 4.79 Å². The molecule has 2 aromatic carbocycles. The van der Waals surface area contributed by atoms with Crippen molar-refractivity contribution < 1.29 is 23.5 Å². The van der Waals surface area contributed by atoms with Crippen molar-refractivity contribution in [3.05, 3.63) is 59.4 Å². The minimum Gasteiger partial charge on any atom is -0.496 e. The van der Waals surface area contributed by atoms with Gasteiger partial charge < -0.3 is 14.8 Å². The Morgan fingerprint density at radius 3 is 2.64 bits per heavy atom. The monoisotopic (exact) mass is 363 g/mol. The van der Waals surface area contributed by atoms with Crippen LogP contribution in [0, 0.1) is 5.82 Å². The van der Waals surface area contributed by atoms with Gasteiger partial charge in [-0.05, 0) is 30.5 Å². The summed E-state index contributed by atoms with van der Waals surface area (Å²) in [4.78, 5) is 24.8. The predicted octanol–water partition coefficient (Wildman–Crippen LogP) is 3.03. The highest BCUT2D eigenvalue weighted by atomic mass is 32.2. The maximum atomic E-state index is 13.5. The number of carbonyl (C=O) groups excluding carboxylic acids is 2. The zero-order valence-corrected chi connectivity index (χ0v) is 14.7. The van der Waals surface area contributed by atoms with Crippen LogP contribution in [0.4, 0.5) is 4.39 Å². The predicted molar refractivity (Wildman–Crippen MR) is 93.3 cm³/mol. The smallest absolute Gasteiger partial charge is 0.342 e. The Morgan fingerprint density at radius 2 is 1.96 bits per heavy atom. The van der Waals surface area contributed by atoms with E-state index in [0.717, 1.165) is 4.90 Å². The summed E-state index contributed by atoms with van der Waals surface area (Å²) in [6.45, 7) is -0.435. The third kappa shape index (κ3) is 5.22. The summed E-state index contributed by atoms with van der Waals surface area (Å²) in [5, 5.41) is 2.50. The molecule has 0 fully saturated rings. The quantitative estimate of drug-likeness (QED) is 0.605. The molecule has 0 aliphatic carbocycles. The summed E-state index contributed by atoms with van der Waals surface area (Å²) >= 11 is 1.52. The Morgan fingerprint density at radius 1 is 1.20 bits per heavy atom. The number of ether oxygens (including phenoxy) is 2. The number of carbonyl (C=O) groups is 2. The van der Waals surface area contributed by atoms with Crippen LogP contribution in [0.25, 0.3) is 0 Å². The van der Waals surface area contributed by atoms with Crippen LogP contribution < -0.4 is 10.1 Å². The normalized spacial score (nSPS) is 10.2. The number of methoxy groups -OCH3 is 1. The minimum atomic E-state index is -0.662. The van der Waals surface area contributed by atoms with E-state index in [-0.39, 0.29) is 12.1 Å². The van der Waals surface area contributed by atoms with E-state index in [4.69, 9.17) is 9.47 Å². The van der Waals surface area contributed by atoms with E-state index in [0.29, 0.717) is 11.3 Å². The van der Waals surface area contributed by atoms with Gasteiger partial charge in [-0.2, -0.15) is 0 Å². The SMILES string of the molecule is COc1cc(SC)ccc1C(=O)OCC(=O)NCc1ccccc1F. The van der Waals surface area contributed by atoms with Crippen molar-refractivity contribution in [3.8, 4) is 5.75 Å². The molecule has 0 aromatic heterocycles. The van der Waals surface area contributed by atoms with Gasteiger partial charge in [-0.15, -0.1) is 11.8 Å². The van der Waals surface area contributed by atoms with E-state index in [1.54, 1.807) is 36.4 Å². The first-order chi connectivity index (χ1) is 12.0. The Hall–Kier alpha value is -2.54. The molecule has 0 bridgehead atoms. The Bertz CT molecular complexity index is 766. The van der Waals surface area contributed by atoms with Gasteiger partial charge in [0.25, 0.3) is 5.91 Å². The fourth-order valence-corrected chi connectivity index (χ4v) is 2.49. The van der Waals surface area contributed by atoms with Crippen LogP contribution >= 0.6 is 11.8 Å². The summed E-state index contributed by atoms with van der Waals surface area (Å²) < 4.78 is 23.6. The van der Waals surface area contributed by atoms with Gasteiger partial charge >= 0.3 is 5.97 Å². The second kappa shape index (κ2) is 9.08. The van der Waals surface area contributed by atoms with Crippen LogP contribution in [0.1, 0.15) is 15.9 Å². The van der Waals surface area contributed by atoms with Crippen molar-refractivity contribution in [1.82, 2.24) is 5.32 Å². The van der Waals surface area contributed by atoms with E-state index >= 15 is 0 Å². The minimum absolute atomic E-state index is 0.0226. The van der Waals surface area contributed by atoms with E-state index in [1.165, 1.54) is 24.9 Å². The summed E-state index contributed by atoms with van der Waals surface area (Å²) in [5.74, 6) is -1.20. The van der Waals surface area contributed by atoms with Gasteiger partial charge in [-0.1, -0.05) is 18.2 Å². The molecule has 132 valence electrons. The van der Waals surface area contributed by atoms with Crippen molar-refractivity contribution in [3.63, 3.8) is 0 Å². The lowest BCUT2D eigenvalue weighted by Gasteiger charge is -2.10. The number of benzene rings is 2. The van der Waals surface area contributed by atoms with Crippen LogP contribution in [-0.2, 0) is 16.1 Å². The van der Waals surface area contributed by atoms with Crippen LogP contribution in [0.15, 0.2) is 47.4 Å². The second-order valence-corrected chi connectivity index (χ2v) is 5.89. The molecule has 25 heavy (non-hydrogen) atoms. The van der Waals surface area contributed by atoms with Gasteiger partial charge in [0, 0.05) is 17.0 Å². The number of thioether (sulfide) groups is 1. The molecule has 2 rings (SSSR count). The van der Waals surface area contributed by atoms with E-state index in [9.17, 15) is 14.0 Å². The fourth-order valence-electron chi connectivity index (χ4n) is 2.06. The molecule has 0 atom stereocenters. The fraction of sp³-hybridized carbons (Fsp3) is 0.222. The molecule has 0 saturated heterocycles. The summed E-state index contributed by atoms with van der Waals surface area (Å²) in [6.07, 6.45) is 1.91. The second-order valence-electron chi connectivity index (χ2n) is 5.01. The molecule has 0 spiro atoms. The number of esters is 1. The molecule has 0 radical (unpaired) electrons. The lowest BCUT2D eigenvalue weighted by molar-refractivity contribution is -0.124. The largest absolute Gasteiger partial charge is 0.496 e. The van der Waals surface area contributed by atoms with E-state index < -0.39 is 24.3 Å². The lowest BCUT2D eigenvalue weighted by atomic mass is 10.2. The van der Waals surface area contributed by atoms with Crippen molar-refractivity contribution >= 4 is 23.6 Å². The Labute approximate surface area is 149 Å². The highest BCUT2D eigenvalue weighted by Gasteiger charge is 2.16. The zero-order chi connectivity index (χ0) is 18.2. The molecule has 1 amide bonds. The molecule has 2 aromatic rings. The van der Waals surface area contributed by atoms with Crippen molar-refractivity contribution in [2.75, 3.05) is 20.0 Å². The standard InChI is InChI=1S/C18H18FNO4S/c1-23-16-9-13(25-2)7-8-14(16)18(22)24-11-17(21)20-10-12-5-3-4-6-15(12)19/h3-9H,10-11H2,1-2H3,(H,20,21). The van der Waals surface area contributed by atoms with Crippen LogP contribution in [0.3, 0.4) is 0 Å². The van der Waals surface area contributed by atoms with E-state index in [2.05, 4.69) is 5.32 Å². The highest BCUT2D eigenvalue weighted by molar-refractivity contribution is 7.98. The average Bonchev–Trinajstić information content (AvgIpc) is 2.64. The number of amides is 1. The van der Waals surface area contributed by atoms with Crippen LogP contribution in [0.5, 0.6) is 5.75 Å². The van der Waals surface area contributed by atoms with Crippen LogP contribution in [-0.4, -0.2) is 31.8 Å². The van der Waals surface area contributed by atoms with Gasteiger partial charge in [0.15, 0.2) is 6.61 Å². The number of nitrogens with one attached hydrogen (secondary N) is 1. The van der Waals surface area contributed by atoms with Crippen molar-refractivity contribution in [1.29, 1.82) is 0 Å². The third-order valence-electron chi connectivity index (χ3n) is 3.40. The average molecular weight is 363 g/mol. The third-order valence-corrected chi connectivity index (χ3v) is 4.12. The topological polar surface area (TPSA) is 64.6 Å². The molecule has 5 nitrogen and oxygen atoms in total. The number of rotatable bonds is 7. The Balaban J connectivity index is 1.89. The first-order valence-electron chi connectivity index (χ1n) is 7.44. The van der Waals surface area contributed by atoms with E-state index in [1.807, 2.05) is 6.26 Å².